The normalized spacial score (nSPS) is 10.9. The molecule has 0 bridgehead atoms. The van der Waals surface area contributed by atoms with Crippen LogP contribution in [0, 0.1) is 13.8 Å². The van der Waals surface area contributed by atoms with Gasteiger partial charge in [0.15, 0.2) is 0 Å². The summed E-state index contributed by atoms with van der Waals surface area (Å²) in [6.07, 6.45) is 6.01. The number of hydrogen-bond acceptors (Lipinski definition) is 1. The molecule has 0 saturated carbocycles. The van der Waals surface area contributed by atoms with Gasteiger partial charge in [0.05, 0.1) is 5.69 Å². The molecule has 2 rings (SSSR count). The van der Waals surface area contributed by atoms with E-state index in [-0.39, 0.29) is 0 Å². The van der Waals surface area contributed by atoms with Gasteiger partial charge in [-0.15, -0.1) is 0 Å². The number of rotatable bonds is 2. The highest BCUT2D eigenvalue weighted by Crippen LogP contribution is 2.12. The van der Waals surface area contributed by atoms with E-state index in [9.17, 15) is 0 Å². The van der Waals surface area contributed by atoms with Crippen LogP contribution in [0.1, 0.15) is 22.4 Å². The Morgan fingerprint density at radius 2 is 1.62 bits per heavy atom. The van der Waals surface area contributed by atoms with Crippen LogP contribution in [0.5, 0.6) is 0 Å². The molecule has 0 aliphatic heterocycles. The van der Waals surface area contributed by atoms with E-state index in [4.69, 9.17) is 0 Å². The van der Waals surface area contributed by atoms with Gasteiger partial charge >= 0.3 is 0 Å². The van der Waals surface area contributed by atoms with Crippen LogP contribution >= 0.6 is 0 Å². The molecule has 0 saturated heterocycles. The van der Waals surface area contributed by atoms with E-state index in [1.165, 1.54) is 16.7 Å². The van der Waals surface area contributed by atoms with Crippen molar-refractivity contribution in [3.05, 3.63) is 65.0 Å². The molecule has 0 fully saturated rings. The summed E-state index contributed by atoms with van der Waals surface area (Å²) >= 11 is 0. The Labute approximate surface area is 96.5 Å². The third-order valence-electron chi connectivity index (χ3n) is 2.66. The van der Waals surface area contributed by atoms with Crippen molar-refractivity contribution in [3.63, 3.8) is 0 Å². The molecule has 1 heterocycles. The van der Waals surface area contributed by atoms with Crippen molar-refractivity contribution in [2.24, 2.45) is 0 Å². The van der Waals surface area contributed by atoms with Crippen LogP contribution in [0.4, 0.5) is 0 Å². The molecule has 0 N–H and O–H groups in total. The first kappa shape index (κ1) is 10.6. The van der Waals surface area contributed by atoms with E-state index in [1.54, 1.807) is 0 Å². The highest BCUT2D eigenvalue weighted by Gasteiger charge is 1.94. The molecule has 1 heteroatoms. The summed E-state index contributed by atoms with van der Waals surface area (Å²) in [5.74, 6) is 0. The molecule has 16 heavy (non-hydrogen) atoms. The molecule has 0 aliphatic rings. The SMILES string of the molecule is Cc1ccccc1/C=C\c1ncccc1C. The molecule has 0 amide bonds. The second-order valence-corrected chi connectivity index (χ2v) is 3.90. The molecule has 1 aromatic carbocycles. The number of aryl methyl sites for hydroxylation is 2. The summed E-state index contributed by atoms with van der Waals surface area (Å²) in [5.41, 5.74) is 4.76. The average Bonchev–Trinajstić information content (AvgIpc) is 2.30. The first-order valence-electron chi connectivity index (χ1n) is 5.43. The molecule has 0 aliphatic carbocycles. The molecule has 2 aromatic rings. The van der Waals surface area contributed by atoms with Crippen molar-refractivity contribution in [1.29, 1.82) is 0 Å². The van der Waals surface area contributed by atoms with Crippen LogP contribution in [-0.4, -0.2) is 4.98 Å². The van der Waals surface area contributed by atoms with E-state index in [2.05, 4.69) is 61.3 Å². The maximum atomic E-state index is 4.34. The Morgan fingerprint density at radius 3 is 2.38 bits per heavy atom. The maximum Gasteiger partial charge on any atom is 0.0658 e. The Balaban J connectivity index is 2.29. The molecule has 0 unspecified atom stereocenters. The van der Waals surface area contributed by atoms with E-state index < -0.39 is 0 Å². The van der Waals surface area contributed by atoms with Gasteiger partial charge in [0.2, 0.25) is 0 Å². The minimum Gasteiger partial charge on any atom is -0.257 e. The average molecular weight is 209 g/mol. The molecule has 1 aromatic heterocycles. The lowest BCUT2D eigenvalue weighted by molar-refractivity contribution is 1.24. The van der Waals surface area contributed by atoms with E-state index in [1.807, 2.05) is 12.3 Å². The number of benzene rings is 1. The van der Waals surface area contributed by atoms with Crippen molar-refractivity contribution in [2.45, 2.75) is 13.8 Å². The monoisotopic (exact) mass is 209 g/mol. The molecule has 0 spiro atoms. The van der Waals surface area contributed by atoms with Crippen LogP contribution in [-0.2, 0) is 0 Å². The zero-order valence-corrected chi connectivity index (χ0v) is 9.64. The van der Waals surface area contributed by atoms with E-state index in [0.717, 1.165) is 5.69 Å². The number of nitrogens with zero attached hydrogens (tertiary/aromatic N) is 1. The van der Waals surface area contributed by atoms with Gasteiger partial charge in [-0.1, -0.05) is 36.4 Å². The van der Waals surface area contributed by atoms with Crippen LogP contribution in [0.3, 0.4) is 0 Å². The molecule has 80 valence electrons. The van der Waals surface area contributed by atoms with Crippen molar-refractivity contribution in [2.75, 3.05) is 0 Å². The van der Waals surface area contributed by atoms with Gasteiger partial charge in [0.25, 0.3) is 0 Å². The van der Waals surface area contributed by atoms with Gasteiger partial charge in [0.1, 0.15) is 0 Å². The van der Waals surface area contributed by atoms with Gasteiger partial charge < -0.3 is 0 Å². The Bertz CT molecular complexity index is 465. The largest absolute Gasteiger partial charge is 0.257 e. The van der Waals surface area contributed by atoms with E-state index >= 15 is 0 Å². The second kappa shape index (κ2) is 4.75. The summed E-state index contributed by atoms with van der Waals surface area (Å²) in [7, 11) is 0. The Hall–Kier alpha value is -1.89. The highest BCUT2D eigenvalue weighted by atomic mass is 14.7. The van der Waals surface area contributed by atoms with Crippen LogP contribution in [0.2, 0.25) is 0 Å². The number of hydrogen-bond donors (Lipinski definition) is 0. The predicted molar refractivity (Wildman–Crippen MR) is 69.1 cm³/mol. The summed E-state index contributed by atoms with van der Waals surface area (Å²) in [6, 6.07) is 12.4. The van der Waals surface area contributed by atoms with Crippen molar-refractivity contribution in [3.8, 4) is 0 Å². The fraction of sp³-hybridized carbons (Fsp3) is 0.133. The van der Waals surface area contributed by atoms with Gasteiger partial charge in [-0.25, -0.2) is 0 Å². The number of pyridine rings is 1. The van der Waals surface area contributed by atoms with Crippen molar-refractivity contribution in [1.82, 2.24) is 4.98 Å². The minimum atomic E-state index is 1.03. The van der Waals surface area contributed by atoms with Crippen LogP contribution in [0.25, 0.3) is 12.2 Å². The standard InChI is InChI=1S/C15H15N/c1-12-6-3-4-8-14(12)9-10-15-13(2)7-5-11-16-15/h3-11H,1-2H3/b10-9-. The third kappa shape index (κ3) is 2.37. The molecule has 1 nitrogen and oxygen atoms in total. The zero-order valence-electron chi connectivity index (χ0n) is 9.64. The van der Waals surface area contributed by atoms with Crippen LogP contribution < -0.4 is 0 Å². The van der Waals surface area contributed by atoms with Crippen molar-refractivity contribution < 1.29 is 0 Å². The van der Waals surface area contributed by atoms with Gasteiger partial charge in [0, 0.05) is 6.20 Å². The predicted octanol–water partition coefficient (Wildman–Crippen LogP) is 3.87. The third-order valence-corrected chi connectivity index (χ3v) is 2.66. The van der Waals surface area contributed by atoms with Crippen LogP contribution in [0.15, 0.2) is 42.6 Å². The lowest BCUT2D eigenvalue weighted by Crippen LogP contribution is -1.84. The minimum absolute atomic E-state index is 1.03. The highest BCUT2D eigenvalue weighted by molar-refractivity contribution is 5.70. The Kier molecular flexibility index (Phi) is 3.16. The quantitative estimate of drug-likeness (QED) is 0.731. The van der Waals surface area contributed by atoms with E-state index in [0.29, 0.717) is 0 Å². The maximum absolute atomic E-state index is 4.34. The Morgan fingerprint density at radius 1 is 0.875 bits per heavy atom. The zero-order chi connectivity index (χ0) is 11.4. The number of aromatic nitrogens is 1. The van der Waals surface area contributed by atoms with Gasteiger partial charge in [-0.05, 0) is 42.7 Å². The fourth-order valence-corrected chi connectivity index (χ4v) is 1.61. The molecule has 0 radical (unpaired) electrons. The summed E-state index contributed by atoms with van der Waals surface area (Å²) in [6.45, 7) is 4.19. The topological polar surface area (TPSA) is 12.9 Å². The summed E-state index contributed by atoms with van der Waals surface area (Å²) < 4.78 is 0. The summed E-state index contributed by atoms with van der Waals surface area (Å²) in [4.78, 5) is 4.34. The van der Waals surface area contributed by atoms with Gasteiger partial charge in [-0.2, -0.15) is 0 Å². The van der Waals surface area contributed by atoms with Crippen molar-refractivity contribution >= 4 is 12.2 Å². The molecule has 0 atom stereocenters. The lowest BCUT2D eigenvalue weighted by Gasteiger charge is -2.00. The smallest absolute Gasteiger partial charge is 0.0658 e. The first-order valence-corrected chi connectivity index (χ1v) is 5.43. The fourth-order valence-electron chi connectivity index (χ4n) is 1.61. The second-order valence-electron chi connectivity index (χ2n) is 3.90. The first-order chi connectivity index (χ1) is 7.77. The lowest BCUT2D eigenvalue weighted by atomic mass is 10.1. The molecular formula is C15H15N. The summed E-state index contributed by atoms with van der Waals surface area (Å²) in [5, 5.41) is 0. The molecular weight excluding hydrogens is 194 g/mol. The van der Waals surface area contributed by atoms with Gasteiger partial charge in [-0.3, -0.25) is 4.98 Å².